The molecule has 2 aromatic heterocycles. The van der Waals surface area contributed by atoms with Crippen LogP contribution in [-0.2, 0) is 6.42 Å². The number of nitrogens with two attached hydrogens (primary N) is 1. The van der Waals surface area contributed by atoms with Crippen LogP contribution in [0.2, 0.25) is 10.0 Å². The quantitative estimate of drug-likeness (QED) is 0.797. The molecule has 0 aliphatic carbocycles. The number of aromatic nitrogens is 3. The molecule has 3 aromatic rings. The number of nitrogens with zero attached hydrogens (tertiary/aromatic N) is 3. The molecule has 0 aliphatic heterocycles. The summed E-state index contributed by atoms with van der Waals surface area (Å²) < 4.78 is 5.22. The van der Waals surface area contributed by atoms with Crippen LogP contribution in [0.15, 0.2) is 41.1 Å². The lowest BCUT2D eigenvalue weighted by atomic mass is 10.1. The molecular formula is C14H10Cl2N4O. The Morgan fingerprint density at radius 2 is 2.00 bits per heavy atom. The lowest BCUT2D eigenvalue weighted by molar-refractivity contribution is 0.424. The van der Waals surface area contributed by atoms with Crippen molar-refractivity contribution in [2.45, 2.75) is 6.42 Å². The summed E-state index contributed by atoms with van der Waals surface area (Å²) in [5.41, 5.74) is 7.13. The van der Waals surface area contributed by atoms with Crippen molar-refractivity contribution < 1.29 is 4.52 Å². The smallest absolute Gasteiger partial charge is 0.259 e. The van der Waals surface area contributed by atoms with E-state index in [1.807, 2.05) is 6.07 Å². The summed E-state index contributed by atoms with van der Waals surface area (Å²) in [5.74, 6) is 1.36. The van der Waals surface area contributed by atoms with E-state index < -0.39 is 0 Å². The standard InChI is InChI=1S/C14H10Cl2N4O/c15-10-3-1-8(11(16)6-10)5-13-19-14(21-20-13)9-2-4-12(17)18-7-9/h1-4,6-7H,5H2,(H2,17,18). The van der Waals surface area contributed by atoms with Crippen LogP contribution in [0.3, 0.4) is 0 Å². The molecule has 7 heteroatoms. The van der Waals surface area contributed by atoms with Gasteiger partial charge in [0.2, 0.25) is 0 Å². The highest BCUT2D eigenvalue weighted by Crippen LogP contribution is 2.24. The second-order valence-corrected chi connectivity index (χ2v) is 5.24. The summed E-state index contributed by atoms with van der Waals surface area (Å²) >= 11 is 12.0. The summed E-state index contributed by atoms with van der Waals surface area (Å²) in [5, 5.41) is 5.10. The van der Waals surface area contributed by atoms with Gasteiger partial charge in [0.05, 0.1) is 5.56 Å². The van der Waals surface area contributed by atoms with E-state index in [1.165, 1.54) is 0 Å². The van der Waals surface area contributed by atoms with E-state index in [4.69, 9.17) is 33.5 Å². The molecule has 0 fully saturated rings. The van der Waals surface area contributed by atoms with Crippen molar-refractivity contribution in [2.75, 3.05) is 5.73 Å². The van der Waals surface area contributed by atoms with Crippen LogP contribution in [0.5, 0.6) is 0 Å². The van der Waals surface area contributed by atoms with Gasteiger partial charge in [0.1, 0.15) is 5.82 Å². The molecule has 5 nitrogen and oxygen atoms in total. The maximum Gasteiger partial charge on any atom is 0.259 e. The van der Waals surface area contributed by atoms with Gasteiger partial charge in [0.15, 0.2) is 5.82 Å². The first-order valence-corrected chi connectivity index (χ1v) is 6.86. The van der Waals surface area contributed by atoms with Gasteiger partial charge in [0.25, 0.3) is 5.89 Å². The molecule has 2 heterocycles. The second-order valence-electron chi connectivity index (χ2n) is 4.40. The van der Waals surface area contributed by atoms with Crippen LogP contribution < -0.4 is 5.73 Å². The van der Waals surface area contributed by atoms with Crippen molar-refractivity contribution in [2.24, 2.45) is 0 Å². The van der Waals surface area contributed by atoms with E-state index >= 15 is 0 Å². The largest absolute Gasteiger partial charge is 0.384 e. The number of nitrogen functional groups attached to an aromatic ring is 1. The monoisotopic (exact) mass is 320 g/mol. The molecule has 3 rings (SSSR count). The zero-order valence-corrected chi connectivity index (χ0v) is 12.3. The molecule has 0 radical (unpaired) electrons. The van der Waals surface area contributed by atoms with Crippen LogP contribution in [0.1, 0.15) is 11.4 Å². The van der Waals surface area contributed by atoms with Crippen molar-refractivity contribution in [1.29, 1.82) is 0 Å². The van der Waals surface area contributed by atoms with Crippen molar-refractivity contribution in [3.8, 4) is 11.5 Å². The minimum absolute atomic E-state index is 0.391. The molecule has 1 aromatic carbocycles. The molecule has 106 valence electrons. The van der Waals surface area contributed by atoms with Crippen LogP contribution >= 0.6 is 23.2 Å². The SMILES string of the molecule is Nc1ccc(-c2nc(Cc3ccc(Cl)cc3Cl)no2)cn1. The molecule has 0 atom stereocenters. The Kier molecular flexibility index (Phi) is 3.77. The highest BCUT2D eigenvalue weighted by atomic mass is 35.5. The molecule has 2 N–H and O–H groups in total. The number of rotatable bonds is 3. The maximum absolute atomic E-state index is 6.13. The van der Waals surface area contributed by atoms with Gasteiger partial charge < -0.3 is 10.3 Å². The lowest BCUT2D eigenvalue weighted by Crippen LogP contribution is -1.92. The topological polar surface area (TPSA) is 77.8 Å². The number of anilines is 1. The van der Waals surface area contributed by atoms with Crippen LogP contribution in [-0.4, -0.2) is 15.1 Å². The average Bonchev–Trinajstić information content (AvgIpc) is 2.91. The Balaban J connectivity index is 1.83. The Morgan fingerprint density at radius 3 is 2.71 bits per heavy atom. The predicted molar refractivity (Wildman–Crippen MR) is 81.2 cm³/mol. The van der Waals surface area contributed by atoms with E-state index in [1.54, 1.807) is 30.5 Å². The zero-order valence-electron chi connectivity index (χ0n) is 10.8. The van der Waals surface area contributed by atoms with Crippen molar-refractivity contribution in [1.82, 2.24) is 15.1 Å². The van der Waals surface area contributed by atoms with Crippen molar-refractivity contribution in [3.63, 3.8) is 0 Å². The molecule has 0 saturated heterocycles. The van der Waals surface area contributed by atoms with Gasteiger partial charge in [-0.2, -0.15) is 4.98 Å². The zero-order chi connectivity index (χ0) is 14.8. The second kappa shape index (κ2) is 5.71. The van der Waals surface area contributed by atoms with E-state index in [0.29, 0.717) is 39.6 Å². The fourth-order valence-electron chi connectivity index (χ4n) is 1.81. The van der Waals surface area contributed by atoms with Gasteiger partial charge in [-0.25, -0.2) is 4.98 Å². The number of hydrogen-bond acceptors (Lipinski definition) is 5. The summed E-state index contributed by atoms with van der Waals surface area (Å²) in [6.45, 7) is 0. The number of halogens is 2. The fourth-order valence-corrected chi connectivity index (χ4v) is 2.29. The summed E-state index contributed by atoms with van der Waals surface area (Å²) in [6, 6.07) is 8.74. The third kappa shape index (κ3) is 3.15. The molecule has 0 aliphatic rings. The van der Waals surface area contributed by atoms with E-state index in [-0.39, 0.29) is 0 Å². The Morgan fingerprint density at radius 1 is 1.14 bits per heavy atom. The Labute approximate surface area is 130 Å². The van der Waals surface area contributed by atoms with Gasteiger partial charge in [0, 0.05) is 22.7 Å². The molecule has 0 saturated carbocycles. The van der Waals surface area contributed by atoms with Crippen molar-refractivity contribution in [3.05, 3.63) is 58.0 Å². The average molecular weight is 321 g/mol. The van der Waals surface area contributed by atoms with Gasteiger partial charge >= 0.3 is 0 Å². The van der Waals surface area contributed by atoms with Crippen LogP contribution in [0, 0.1) is 0 Å². The summed E-state index contributed by atoms with van der Waals surface area (Å²) in [7, 11) is 0. The first-order valence-electron chi connectivity index (χ1n) is 6.10. The maximum atomic E-state index is 6.13. The molecule has 0 amide bonds. The number of benzene rings is 1. The van der Waals surface area contributed by atoms with E-state index in [9.17, 15) is 0 Å². The first kappa shape index (κ1) is 13.9. The third-order valence-electron chi connectivity index (χ3n) is 2.87. The molecule has 21 heavy (non-hydrogen) atoms. The lowest BCUT2D eigenvalue weighted by Gasteiger charge is -2.00. The van der Waals surface area contributed by atoms with Gasteiger partial charge in [-0.3, -0.25) is 0 Å². The van der Waals surface area contributed by atoms with Gasteiger partial charge in [-0.05, 0) is 29.8 Å². The van der Waals surface area contributed by atoms with Crippen LogP contribution in [0.4, 0.5) is 5.82 Å². The Bertz CT molecular complexity index is 771. The van der Waals surface area contributed by atoms with Crippen molar-refractivity contribution >= 4 is 29.0 Å². The highest BCUT2D eigenvalue weighted by molar-refractivity contribution is 6.35. The van der Waals surface area contributed by atoms with Gasteiger partial charge in [-0.1, -0.05) is 34.4 Å². The number of pyridine rings is 1. The predicted octanol–water partition coefficient (Wildman–Crippen LogP) is 3.61. The highest BCUT2D eigenvalue weighted by Gasteiger charge is 2.11. The minimum Gasteiger partial charge on any atom is -0.384 e. The van der Waals surface area contributed by atoms with E-state index in [0.717, 1.165) is 5.56 Å². The fraction of sp³-hybridized carbons (Fsp3) is 0.0714. The first-order chi connectivity index (χ1) is 10.1. The summed E-state index contributed by atoms with van der Waals surface area (Å²) in [6.07, 6.45) is 2.05. The third-order valence-corrected chi connectivity index (χ3v) is 3.45. The molecule has 0 unspecified atom stereocenters. The van der Waals surface area contributed by atoms with Crippen LogP contribution in [0.25, 0.3) is 11.5 Å². The van der Waals surface area contributed by atoms with Gasteiger partial charge in [-0.15, -0.1) is 0 Å². The minimum atomic E-state index is 0.391. The van der Waals surface area contributed by atoms with E-state index in [2.05, 4.69) is 15.1 Å². The summed E-state index contributed by atoms with van der Waals surface area (Å²) in [4.78, 5) is 8.31. The molecule has 0 spiro atoms. The Hall–Kier alpha value is -2.11. The molecular weight excluding hydrogens is 311 g/mol. The number of hydrogen-bond donors (Lipinski definition) is 1. The normalized spacial score (nSPS) is 10.8. The molecule has 0 bridgehead atoms.